The monoisotopic (exact) mass is 538 g/mol. The first-order valence-electron chi connectivity index (χ1n) is 9.98. The number of aromatic nitrogens is 2. The van der Waals surface area contributed by atoms with Crippen LogP contribution in [0.4, 0.5) is 18.0 Å². The Kier molecular flexibility index (Phi) is 6.54. The molecule has 0 atom stereocenters. The summed E-state index contributed by atoms with van der Waals surface area (Å²) in [6.07, 6.45) is -3.35. The van der Waals surface area contributed by atoms with Crippen LogP contribution in [0.15, 0.2) is 41.3 Å². The Balaban J connectivity index is 1.74. The van der Waals surface area contributed by atoms with E-state index in [1.54, 1.807) is 0 Å². The smallest absolute Gasteiger partial charge is 0.416 e. The van der Waals surface area contributed by atoms with Crippen molar-refractivity contribution in [2.75, 3.05) is 6.54 Å². The predicted octanol–water partition coefficient (Wildman–Crippen LogP) is 3.98. The van der Waals surface area contributed by atoms with E-state index in [1.165, 1.54) is 41.1 Å². The van der Waals surface area contributed by atoms with E-state index in [0.717, 1.165) is 6.07 Å². The molecule has 0 spiro atoms. The zero-order chi connectivity index (χ0) is 26.4. The van der Waals surface area contributed by atoms with E-state index in [1.807, 2.05) is 0 Å². The number of carbonyl (C=O) groups excluding carboxylic acids is 3. The molecule has 3 aromatic rings. The minimum Gasteiger partial charge on any atom is -0.480 e. The van der Waals surface area contributed by atoms with Gasteiger partial charge in [0.1, 0.15) is 6.54 Å². The molecule has 3 amide bonds. The molecule has 36 heavy (non-hydrogen) atoms. The molecule has 2 heterocycles. The number of fused-ring (bicyclic) bond motifs is 1. The van der Waals surface area contributed by atoms with Crippen LogP contribution in [0.1, 0.15) is 27.2 Å². The van der Waals surface area contributed by atoms with Crippen LogP contribution in [0.3, 0.4) is 0 Å². The second-order valence-corrected chi connectivity index (χ2v) is 9.04. The van der Waals surface area contributed by atoms with Crippen molar-refractivity contribution in [1.29, 1.82) is 0 Å². The number of nitrogens with two attached hydrogens (primary N) is 1. The lowest BCUT2D eigenvalue weighted by Crippen LogP contribution is -2.33. The molecule has 1 aromatic heterocycles. The molecular formula is C22H14ClF3N4O5S. The van der Waals surface area contributed by atoms with Crippen molar-refractivity contribution in [3.63, 3.8) is 0 Å². The molecule has 4 rings (SSSR count). The van der Waals surface area contributed by atoms with E-state index in [-0.39, 0.29) is 33.1 Å². The summed E-state index contributed by atoms with van der Waals surface area (Å²) in [5.41, 5.74) is 4.79. The van der Waals surface area contributed by atoms with E-state index < -0.39 is 41.3 Å². The highest BCUT2D eigenvalue weighted by Gasteiger charge is 2.36. The van der Waals surface area contributed by atoms with Crippen LogP contribution >= 0.6 is 23.4 Å². The number of aliphatic carboxylic acids is 1. The number of thioether (sulfide) groups is 1. The Morgan fingerprint density at radius 1 is 1.17 bits per heavy atom. The Labute approximate surface area is 209 Å². The van der Waals surface area contributed by atoms with Crippen molar-refractivity contribution < 1.29 is 37.5 Å². The number of alkyl halides is 3. The molecule has 14 heteroatoms. The second kappa shape index (κ2) is 9.32. The topological polar surface area (TPSA) is 136 Å². The van der Waals surface area contributed by atoms with Crippen molar-refractivity contribution >= 4 is 63.4 Å². The van der Waals surface area contributed by atoms with Gasteiger partial charge in [-0.3, -0.25) is 28.8 Å². The first kappa shape index (κ1) is 25.3. The third-order valence-electron chi connectivity index (χ3n) is 5.17. The molecule has 0 radical (unpaired) electrons. The van der Waals surface area contributed by atoms with E-state index in [0.29, 0.717) is 27.7 Å². The van der Waals surface area contributed by atoms with E-state index in [9.17, 15) is 32.3 Å². The zero-order valence-electron chi connectivity index (χ0n) is 17.9. The first-order chi connectivity index (χ1) is 16.8. The van der Waals surface area contributed by atoms with E-state index in [4.69, 9.17) is 22.4 Å². The van der Waals surface area contributed by atoms with Gasteiger partial charge in [-0.2, -0.15) is 18.3 Å². The van der Waals surface area contributed by atoms with Gasteiger partial charge in [-0.05, 0) is 53.2 Å². The van der Waals surface area contributed by atoms with Crippen molar-refractivity contribution in [3.8, 4) is 0 Å². The normalized spacial score (nSPS) is 15.3. The molecule has 1 aliphatic rings. The molecule has 0 unspecified atom stereocenters. The zero-order valence-corrected chi connectivity index (χ0v) is 19.4. The quantitative estimate of drug-likeness (QED) is 0.453. The summed E-state index contributed by atoms with van der Waals surface area (Å²) in [5, 5.41) is 12.3. The Hall–Kier alpha value is -3.84. The number of halogens is 4. The number of carbonyl (C=O) groups is 4. The molecule has 186 valence electrons. The number of hydrogen-bond donors (Lipinski definition) is 2. The van der Waals surface area contributed by atoms with Gasteiger partial charge in [-0.15, -0.1) is 0 Å². The van der Waals surface area contributed by atoms with Crippen LogP contribution in [0.25, 0.3) is 17.0 Å². The number of amides is 3. The Bertz CT molecular complexity index is 1480. The highest BCUT2D eigenvalue weighted by Crippen LogP contribution is 2.35. The summed E-state index contributed by atoms with van der Waals surface area (Å²) in [5.74, 6) is -3.07. The maximum atomic E-state index is 13.5. The minimum atomic E-state index is -4.67. The molecule has 3 N–H and O–H groups in total. The maximum Gasteiger partial charge on any atom is 0.416 e. The summed E-state index contributed by atoms with van der Waals surface area (Å²) < 4.78 is 41.8. The third-order valence-corrected chi connectivity index (χ3v) is 6.31. The minimum absolute atomic E-state index is 0.0374. The van der Waals surface area contributed by atoms with E-state index in [2.05, 4.69) is 5.10 Å². The highest BCUT2D eigenvalue weighted by molar-refractivity contribution is 8.18. The number of hydrogen-bond acceptors (Lipinski definition) is 6. The summed E-state index contributed by atoms with van der Waals surface area (Å²) in [7, 11) is 0. The fourth-order valence-electron chi connectivity index (χ4n) is 3.62. The van der Waals surface area contributed by atoms with Gasteiger partial charge < -0.3 is 10.8 Å². The average Bonchev–Trinajstić information content (AvgIpc) is 3.26. The van der Waals surface area contributed by atoms with Gasteiger partial charge >= 0.3 is 12.1 Å². The largest absolute Gasteiger partial charge is 0.480 e. The molecule has 1 saturated heterocycles. The lowest BCUT2D eigenvalue weighted by atomic mass is 10.1. The molecule has 0 bridgehead atoms. The van der Waals surface area contributed by atoms with Gasteiger partial charge in [0.25, 0.3) is 17.1 Å². The maximum absolute atomic E-state index is 13.5. The van der Waals surface area contributed by atoms with Gasteiger partial charge in [0.05, 0.1) is 22.5 Å². The second-order valence-electron chi connectivity index (χ2n) is 7.61. The molecule has 0 saturated carbocycles. The van der Waals surface area contributed by atoms with Crippen LogP contribution in [-0.4, -0.2) is 49.4 Å². The van der Waals surface area contributed by atoms with Crippen molar-refractivity contribution in [1.82, 2.24) is 14.7 Å². The number of nitrogens with zero attached hydrogens (tertiary/aromatic N) is 3. The number of carboxylic acid groups (broad SMARTS) is 1. The number of carboxylic acids is 1. The number of benzene rings is 2. The molecule has 1 aliphatic heterocycles. The van der Waals surface area contributed by atoms with Crippen molar-refractivity contribution in [2.45, 2.75) is 12.7 Å². The number of primary amides is 1. The third kappa shape index (κ3) is 4.93. The summed E-state index contributed by atoms with van der Waals surface area (Å²) >= 11 is 6.29. The van der Waals surface area contributed by atoms with E-state index >= 15 is 0 Å². The molecule has 0 aliphatic carbocycles. The van der Waals surface area contributed by atoms with Crippen LogP contribution < -0.4 is 5.73 Å². The average molecular weight is 539 g/mol. The van der Waals surface area contributed by atoms with Crippen LogP contribution in [-0.2, 0) is 22.3 Å². The lowest BCUT2D eigenvalue weighted by molar-refractivity contribution is -0.140. The molecule has 2 aromatic carbocycles. The van der Waals surface area contributed by atoms with Gasteiger partial charge in [0, 0.05) is 10.4 Å². The Morgan fingerprint density at radius 3 is 2.53 bits per heavy atom. The standard InChI is InChI=1S/C22H14ClF3N4O5S/c23-12-3-2-11(14(7-12)22(24,25)26)8-30-15-4-1-10(5-13(15)18(28-30)19(27)33)6-16-20(34)29(9-17(31)32)21(35)36-16/h1-7H,8-9H2,(H2,27,33)(H,31,32)/b16-6-. The lowest BCUT2D eigenvalue weighted by Gasteiger charge is -2.14. The Morgan fingerprint density at radius 2 is 1.89 bits per heavy atom. The highest BCUT2D eigenvalue weighted by atomic mass is 35.5. The van der Waals surface area contributed by atoms with Gasteiger partial charge in [0.2, 0.25) is 0 Å². The van der Waals surface area contributed by atoms with Gasteiger partial charge in [-0.25, -0.2) is 0 Å². The van der Waals surface area contributed by atoms with Crippen molar-refractivity contribution in [3.05, 3.63) is 68.7 Å². The fourth-order valence-corrected chi connectivity index (χ4v) is 4.63. The summed E-state index contributed by atoms with van der Waals surface area (Å²) in [4.78, 5) is 47.8. The van der Waals surface area contributed by atoms with Crippen LogP contribution in [0.2, 0.25) is 5.02 Å². The number of rotatable bonds is 6. The number of imide groups is 1. The SMILES string of the molecule is NC(=O)c1nn(Cc2ccc(Cl)cc2C(F)(F)F)c2ccc(/C=C3\SC(=O)N(CC(=O)O)C3=O)cc12. The van der Waals surface area contributed by atoms with Gasteiger partial charge in [0.15, 0.2) is 5.69 Å². The predicted molar refractivity (Wildman–Crippen MR) is 124 cm³/mol. The molecule has 1 fully saturated rings. The molecular weight excluding hydrogens is 525 g/mol. The molecule has 9 nitrogen and oxygen atoms in total. The van der Waals surface area contributed by atoms with Crippen LogP contribution in [0, 0.1) is 0 Å². The van der Waals surface area contributed by atoms with Crippen LogP contribution in [0.5, 0.6) is 0 Å². The fraction of sp³-hybridized carbons (Fsp3) is 0.136. The van der Waals surface area contributed by atoms with Crippen molar-refractivity contribution in [2.24, 2.45) is 5.73 Å². The summed E-state index contributed by atoms with van der Waals surface area (Å²) in [6, 6.07) is 7.74. The van der Waals surface area contributed by atoms with Gasteiger partial charge in [-0.1, -0.05) is 23.7 Å². The first-order valence-corrected chi connectivity index (χ1v) is 11.2. The summed E-state index contributed by atoms with van der Waals surface area (Å²) in [6.45, 7) is -1.13.